The molecule has 0 spiro atoms. The lowest BCUT2D eigenvalue weighted by Gasteiger charge is -2.14. The van der Waals surface area contributed by atoms with Crippen LogP contribution in [-0.4, -0.2) is 57.4 Å². The van der Waals surface area contributed by atoms with Gasteiger partial charge >= 0.3 is 11.9 Å². The van der Waals surface area contributed by atoms with Crippen LogP contribution in [0.2, 0.25) is 0 Å². The van der Waals surface area contributed by atoms with Crippen molar-refractivity contribution >= 4 is 68.1 Å². The summed E-state index contributed by atoms with van der Waals surface area (Å²) in [5.41, 5.74) is 5.15. The van der Waals surface area contributed by atoms with Gasteiger partial charge in [-0.2, -0.15) is 0 Å². The minimum atomic E-state index is -0.634. The largest absolute Gasteiger partial charge is 0.493 e. The van der Waals surface area contributed by atoms with Crippen molar-refractivity contribution in [3.63, 3.8) is 0 Å². The number of hydrogen-bond acceptors (Lipinski definition) is 11. The van der Waals surface area contributed by atoms with Crippen LogP contribution < -0.4 is 19.5 Å². The van der Waals surface area contributed by atoms with Crippen LogP contribution in [0.25, 0.3) is 33.0 Å². The summed E-state index contributed by atoms with van der Waals surface area (Å²) in [7, 11) is 4.68. The molecule has 48 heavy (non-hydrogen) atoms. The number of aromatic nitrogens is 1. The number of benzene rings is 2. The van der Waals surface area contributed by atoms with Crippen molar-refractivity contribution in [2.45, 2.75) is 19.8 Å². The number of rotatable bonds is 11. The van der Waals surface area contributed by atoms with Gasteiger partial charge in [0.15, 0.2) is 18.1 Å². The number of methoxy groups -OCH3 is 3. The molecule has 1 amide bonds. The Bertz CT molecular complexity index is 2020. The second kappa shape index (κ2) is 14.3. The third-order valence-electron chi connectivity index (χ3n) is 7.82. The highest BCUT2D eigenvalue weighted by atomic mass is 32.1. The molecule has 246 valence electrons. The average molecular weight is 685 g/mol. The maximum Gasteiger partial charge on any atom is 0.341 e. The van der Waals surface area contributed by atoms with E-state index in [2.05, 4.69) is 5.32 Å². The van der Waals surface area contributed by atoms with Gasteiger partial charge in [0, 0.05) is 21.2 Å². The number of allylic oxidation sites excluding steroid dienone is 1. The molecule has 2 aromatic carbocycles. The van der Waals surface area contributed by atoms with Gasteiger partial charge in [-0.3, -0.25) is 4.79 Å². The molecule has 1 aliphatic rings. The molecule has 0 radical (unpaired) electrons. The van der Waals surface area contributed by atoms with Crippen molar-refractivity contribution in [1.82, 2.24) is 4.98 Å². The van der Waals surface area contributed by atoms with E-state index in [0.29, 0.717) is 62.8 Å². The number of para-hydroxylation sites is 1. The number of nitrogens with zero attached hydrogens (tertiary/aromatic N) is 1. The number of nitrogens with one attached hydrogen (secondary N) is 1. The molecule has 0 bridgehead atoms. The molecular weight excluding hydrogens is 653 g/mol. The zero-order chi connectivity index (χ0) is 33.8. The first-order valence-corrected chi connectivity index (χ1v) is 16.8. The fourth-order valence-electron chi connectivity index (χ4n) is 5.73. The molecule has 3 aromatic heterocycles. The quantitative estimate of drug-likeness (QED) is 0.141. The van der Waals surface area contributed by atoms with Crippen LogP contribution in [0.4, 0.5) is 5.00 Å². The molecule has 0 saturated carbocycles. The number of carbonyl (C=O) groups is 3. The minimum Gasteiger partial charge on any atom is -0.493 e. The van der Waals surface area contributed by atoms with E-state index in [9.17, 15) is 14.4 Å². The van der Waals surface area contributed by atoms with Gasteiger partial charge in [-0.25, -0.2) is 14.6 Å². The first-order chi connectivity index (χ1) is 23.4. The number of fused-ring (bicyclic) bond motifs is 2. The van der Waals surface area contributed by atoms with Crippen LogP contribution in [0, 0.1) is 0 Å². The summed E-state index contributed by atoms with van der Waals surface area (Å²) in [6.45, 7) is 1.36. The Balaban J connectivity index is 1.27. The van der Waals surface area contributed by atoms with Crippen LogP contribution in [0.5, 0.6) is 17.2 Å². The summed E-state index contributed by atoms with van der Waals surface area (Å²) < 4.78 is 27.4. The molecule has 1 aliphatic carbocycles. The highest BCUT2D eigenvalue weighted by molar-refractivity contribution is 7.17. The Morgan fingerprint density at radius 1 is 0.896 bits per heavy atom. The SMILES string of the molecule is CCOC(=O)c1c(-c2cccs2)csc1NC(=O)COC(=O)c1c2c(nc3ccccc13)/C(=C/c1cc(OC)c(OC)c(OC)c1)CC2. The van der Waals surface area contributed by atoms with Gasteiger partial charge in [-0.05, 0) is 72.2 Å². The monoisotopic (exact) mass is 684 g/mol. The number of pyridine rings is 1. The highest BCUT2D eigenvalue weighted by Gasteiger charge is 2.29. The molecule has 6 rings (SSSR count). The highest BCUT2D eigenvalue weighted by Crippen LogP contribution is 2.42. The smallest absolute Gasteiger partial charge is 0.341 e. The summed E-state index contributed by atoms with van der Waals surface area (Å²) in [6, 6.07) is 14.8. The molecule has 10 nitrogen and oxygen atoms in total. The summed E-state index contributed by atoms with van der Waals surface area (Å²) in [5, 5.41) is 7.42. The zero-order valence-corrected chi connectivity index (χ0v) is 28.3. The summed E-state index contributed by atoms with van der Waals surface area (Å²) >= 11 is 2.69. The van der Waals surface area contributed by atoms with Gasteiger partial charge in [0.2, 0.25) is 5.75 Å². The predicted molar refractivity (Wildman–Crippen MR) is 187 cm³/mol. The Hall–Kier alpha value is -5.20. The van der Waals surface area contributed by atoms with Gasteiger partial charge in [0.05, 0.1) is 44.7 Å². The van der Waals surface area contributed by atoms with Crippen molar-refractivity contribution < 1.29 is 38.1 Å². The van der Waals surface area contributed by atoms with E-state index in [1.54, 1.807) is 33.6 Å². The Morgan fingerprint density at radius 3 is 2.33 bits per heavy atom. The number of esters is 2. The van der Waals surface area contributed by atoms with Crippen molar-refractivity contribution in [3.8, 4) is 27.7 Å². The normalized spacial score (nSPS) is 12.9. The third kappa shape index (κ3) is 6.36. The summed E-state index contributed by atoms with van der Waals surface area (Å²) in [4.78, 5) is 45.5. The second-order valence-corrected chi connectivity index (χ2v) is 12.5. The van der Waals surface area contributed by atoms with Gasteiger partial charge in [0.1, 0.15) is 10.6 Å². The van der Waals surface area contributed by atoms with Crippen molar-refractivity contribution in [2.24, 2.45) is 0 Å². The molecule has 0 saturated heterocycles. The maximum atomic E-state index is 13.7. The fraction of sp³-hybridized carbons (Fsp3) is 0.222. The number of carbonyl (C=O) groups excluding carboxylic acids is 3. The molecule has 0 atom stereocenters. The van der Waals surface area contributed by atoms with Gasteiger partial charge < -0.3 is 29.0 Å². The predicted octanol–water partition coefficient (Wildman–Crippen LogP) is 7.51. The Kier molecular flexibility index (Phi) is 9.74. The van der Waals surface area contributed by atoms with Crippen LogP contribution >= 0.6 is 22.7 Å². The Morgan fingerprint density at radius 2 is 1.65 bits per heavy atom. The lowest BCUT2D eigenvalue weighted by Crippen LogP contribution is -2.22. The molecule has 3 heterocycles. The van der Waals surface area contributed by atoms with E-state index in [1.165, 1.54) is 22.7 Å². The lowest BCUT2D eigenvalue weighted by molar-refractivity contribution is -0.119. The molecule has 12 heteroatoms. The molecular formula is C36H32N2O8S2. The van der Waals surface area contributed by atoms with E-state index >= 15 is 0 Å². The summed E-state index contributed by atoms with van der Waals surface area (Å²) in [5.74, 6) is -0.210. The fourth-order valence-corrected chi connectivity index (χ4v) is 7.52. The van der Waals surface area contributed by atoms with Crippen molar-refractivity contribution in [1.29, 1.82) is 0 Å². The van der Waals surface area contributed by atoms with Gasteiger partial charge in [0.25, 0.3) is 5.91 Å². The van der Waals surface area contributed by atoms with Crippen LogP contribution in [0.1, 0.15) is 50.9 Å². The Labute approximate surface area is 284 Å². The number of thiophene rings is 2. The average Bonchev–Trinajstić information content (AvgIpc) is 3.86. The number of hydrogen-bond donors (Lipinski definition) is 1. The van der Waals surface area contributed by atoms with E-state index in [4.69, 9.17) is 28.7 Å². The topological polar surface area (TPSA) is 122 Å². The zero-order valence-electron chi connectivity index (χ0n) is 26.7. The number of ether oxygens (including phenoxy) is 5. The molecule has 0 unspecified atom stereocenters. The summed E-state index contributed by atoms with van der Waals surface area (Å²) in [6.07, 6.45) is 3.19. The van der Waals surface area contributed by atoms with Gasteiger partial charge in [-0.1, -0.05) is 24.3 Å². The standard InChI is InChI=1S/C36H32N2O8S2/c1-5-45-36(41)31-24(28-11-8-14-47-28)19-48-34(31)38-29(39)18-46-35(40)30-22-9-6-7-10-25(22)37-32-21(12-13-23(30)32)15-20-16-26(42-2)33(44-4)27(17-20)43-3/h6-11,14-17,19H,5,12-13,18H2,1-4H3,(H,38,39)/b21-15+. The van der Waals surface area contributed by atoms with Crippen molar-refractivity contribution in [2.75, 3.05) is 39.9 Å². The van der Waals surface area contributed by atoms with E-state index in [0.717, 1.165) is 21.6 Å². The first kappa shape index (κ1) is 32.7. The van der Waals surface area contributed by atoms with Crippen molar-refractivity contribution in [3.05, 3.63) is 87.2 Å². The lowest BCUT2D eigenvalue weighted by atomic mass is 10.0. The van der Waals surface area contributed by atoms with Crippen LogP contribution in [-0.2, 0) is 20.7 Å². The molecule has 5 aromatic rings. The second-order valence-electron chi connectivity index (χ2n) is 10.6. The first-order valence-electron chi connectivity index (χ1n) is 15.1. The molecule has 0 aliphatic heterocycles. The minimum absolute atomic E-state index is 0.188. The van der Waals surface area contributed by atoms with Crippen LogP contribution in [0.3, 0.4) is 0 Å². The number of anilines is 1. The van der Waals surface area contributed by atoms with E-state index < -0.39 is 24.5 Å². The molecule has 0 fully saturated rings. The third-order valence-corrected chi connectivity index (χ3v) is 9.62. The molecule has 1 N–H and O–H groups in total. The maximum absolute atomic E-state index is 13.7. The number of amides is 1. The van der Waals surface area contributed by atoms with E-state index in [-0.39, 0.29) is 12.2 Å². The van der Waals surface area contributed by atoms with Crippen LogP contribution in [0.15, 0.2) is 59.3 Å². The van der Waals surface area contributed by atoms with E-state index in [1.807, 2.05) is 60.0 Å². The van der Waals surface area contributed by atoms with Gasteiger partial charge in [-0.15, -0.1) is 22.7 Å².